The summed E-state index contributed by atoms with van der Waals surface area (Å²) in [5.41, 5.74) is 8.97. The first-order valence-electron chi connectivity index (χ1n) is 7.63. The van der Waals surface area contributed by atoms with E-state index < -0.39 is 0 Å². The third-order valence-electron chi connectivity index (χ3n) is 4.07. The summed E-state index contributed by atoms with van der Waals surface area (Å²) in [7, 11) is 0. The van der Waals surface area contributed by atoms with Gasteiger partial charge in [-0.25, -0.2) is 0 Å². The number of aryl methyl sites for hydroxylation is 2. The van der Waals surface area contributed by atoms with Crippen molar-refractivity contribution in [1.82, 2.24) is 9.78 Å². The fourth-order valence-electron chi connectivity index (χ4n) is 2.53. The molecule has 0 bridgehead atoms. The highest BCUT2D eigenvalue weighted by Gasteiger charge is 2.30. The number of thioether (sulfide) groups is 2. The topological polar surface area (TPSA) is 43.8 Å². The molecule has 0 amide bonds. The number of rotatable bonds is 5. The SMILES string of the molecule is CCc1cc(CC(N)C2CSC(C)C(C)S2)n(CC)n1. The molecular weight excluding hydrogens is 286 g/mol. The van der Waals surface area contributed by atoms with E-state index in [1.807, 2.05) is 0 Å². The molecule has 0 aromatic carbocycles. The molecule has 1 aromatic rings. The molecule has 20 heavy (non-hydrogen) atoms. The first-order chi connectivity index (χ1) is 9.55. The number of hydrogen-bond donors (Lipinski definition) is 1. The van der Waals surface area contributed by atoms with Gasteiger partial charge in [0, 0.05) is 46.2 Å². The van der Waals surface area contributed by atoms with Gasteiger partial charge in [-0.3, -0.25) is 4.68 Å². The molecule has 2 N–H and O–H groups in total. The molecule has 1 aliphatic rings. The van der Waals surface area contributed by atoms with Gasteiger partial charge in [-0.1, -0.05) is 20.8 Å². The summed E-state index contributed by atoms with van der Waals surface area (Å²) < 4.78 is 2.12. The van der Waals surface area contributed by atoms with E-state index in [-0.39, 0.29) is 6.04 Å². The van der Waals surface area contributed by atoms with Crippen molar-refractivity contribution in [1.29, 1.82) is 0 Å². The Balaban J connectivity index is 2.00. The van der Waals surface area contributed by atoms with E-state index in [0.29, 0.717) is 10.5 Å². The molecule has 1 fully saturated rings. The Bertz CT molecular complexity index is 433. The van der Waals surface area contributed by atoms with Crippen molar-refractivity contribution >= 4 is 23.5 Å². The van der Waals surface area contributed by atoms with E-state index in [1.165, 1.54) is 17.1 Å². The van der Waals surface area contributed by atoms with Crippen molar-refractivity contribution in [3.05, 3.63) is 17.5 Å². The largest absolute Gasteiger partial charge is 0.326 e. The van der Waals surface area contributed by atoms with E-state index in [1.54, 1.807) is 0 Å². The number of aromatic nitrogens is 2. The lowest BCUT2D eigenvalue weighted by atomic mass is 10.1. The van der Waals surface area contributed by atoms with Crippen LogP contribution < -0.4 is 5.73 Å². The Morgan fingerprint density at radius 1 is 1.40 bits per heavy atom. The number of nitrogens with zero attached hydrogens (tertiary/aromatic N) is 2. The average Bonchev–Trinajstić information content (AvgIpc) is 2.84. The quantitative estimate of drug-likeness (QED) is 0.907. The van der Waals surface area contributed by atoms with Crippen LogP contribution >= 0.6 is 23.5 Å². The van der Waals surface area contributed by atoms with Gasteiger partial charge < -0.3 is 5.73 Å². The van der Waals surface area contributed by atoms with Gasteiger partial charge in [0.1, 0.15) is 0 Å². The van der Waals surface area contributed by atoms with Crippen LogP contribution in [0.25, 0.3) is 0 Å². The zero-order chi connectivity index (χ0) is 14.7. The summed E-state index contributed by atoms with van der Waals surface area (Å²) in [5.74, 6) is 1.18. The van der Waals surface area contributed by atoms with Crippen molar-refractivity contribution in [2.45, 2.75) is 68.9 Å². The molecule has 0 radical (unpaired) electrons. The minimum atomic E-state index is 0.231. The van der Waals surface area contributed by atoms with Gasteiger partial charge in [0.15, 0.2) is 0 Å². The maximum absolute atomic E-state index is 6.49. The molecule has 3 nitrogen and oxygen atoms in total. The molecule has 1 aromatic heterocycles. The van der Waals surface area contributed by atoms with Gasteiger partial charge in [-0.15, -0.1) is 0 Å². The summed E-state index contributed by atoms with van der Waals surface area (Å²) in [6.07, 6.45) is 1.94. The summed E-state index contributed by atoms with van der Waals surface area (Å²) in [5, 5.41) is 6.64. The lowest BCUT2D eigenvalue weighted by molar-refractivity contribution is 0.571. The van der Waals surface area contributed by atoms with E-state index in [4.69, 9.17) is 5.73 Å². The predicted molar refractivity (Wildman–Crippen MR) is 91.7 cm³/mol. The van der Waals surface area contributed by atoms with Gasteiger partial charge in [0.2, 0.25) is 0 Å². The molecule has 114 valence electrons. The van der Waals surface area contributed by atoms with Crippen molar-refractivity contribution in [3.63, 3.8) is 0 Å². The minimum Gasteiger partial charge on any atom is -0.326 e. The number of hydrogen-bond acceptors (Lipinski definition) is 4. The predicted octanol–water partition coefficient (Wildman–Crippen LogP) is 2.96. The van der Waals surface area contributed by atoms with Crippen molar-refractivity contribution in [3.8, 4) is 0 Å². The molecule has 2 rings (SSSR count). The molecule has 0 spiro atoms. The van der Waals surface area contributed by atoms with Crippen molar-refractivity contribution < 1.29 is 0 Å². The monoisotopic (exact) mass is 313 g/mol. The molecule has 5 heteroatoms. The first-order valence-corrected chi connectivity index (χ1v) is 9.62. The normalized spacial score (nSPS) is 28.6. The van der Waals surface area contributed by atoms with E-state index in [2.05, 4.69) is 67.1 Å². The molecule has 4 unspecified atom stereocenters. The van der Waals surface area contributed by atoms with Crippen LogP contribution in [0.3, 0.4) is 0 Å². The van der Waals surface area contributed by atoms with Gasteiger partial charge in [0.25, 0.3) is 0 Å². The standard InChI is InChI=1S/C15H27N3S2/c1-5-12-7-13(18(6-2)17-12)8-14(16)15-9-19-10(3)11(4)20-15/h7,10-11,14-15H,5-6,8-9,16H2,1-4H3. The van der Waals surface area contributed by atoms with Crippen LogP contribution in [0.4, 0.5) is 0 Å². The maximum Gasteiger partial charge on any atom is 0.0624 e. The van der Waals surface area contributed by atoms with Crippen LogP contribution in [0, 0.1) is 0 Å². The Morgan fingerprint density at radius 2 is 2.15 bits per heavy atom. The Kier molecular flexibility index (Phi) is 5.87. The van der Waals surface area contributed by atoms with E-state index >= 15 is 0 Å². The van der Waals surface area contributed by atoms with Gasteiger partial charge in [-0.05, 0) is 19.4 Å². The van der Waals surface area contributed by atoms with Crippen LogP contribution in [0.15, 0.2) is 6.07 Å². The highest BCUT2D eigenvalue weighted by molar-refractivity contribution is 8.07. The van der Waals surface area contributed by atoms with E-state index in [0.717, 1.165) is 24.6 Å². The zero-order valence-corrected chi connectivity index (χ0v) is 14.6. The van der Waals surface area contributed by atoms with Crippen LogP contribution in [-0.4, -0.2) is 37.3 Å². The molecule has 1 aliphatic heterocycles. The molecule has 2 heterocycles. The lowest BCUT2D eigenvalue weighted by Gasteiger charge is -2.34. The molecule has 0 saturated carbocycles. The zero-order valence-electron chi connectivity index (χ0n) is 13.0. The highest BCUT2D eigenvalue weighted by Crippen LogP contribution is 2.37. The third kappa shape index (κ3) is 3.74. The summed E-state index contributed by atoms with van der Waals surface area (Å²) in [6, 6.07) is 2.46. The lowest BCUT2D eigenvalue weighted by Crippen LogP contribution is -2.41. The average molecular weight is 314 g/mol. The molecular formula is C15H27N3S2. The van der Waals surface area contributed by atoms with Gasteiger partial charge in [-0.2, -0.15) is 28.6 Å². The second-order valence-corrected chi connectivity index (χ2v) is 8.61. The Hall–Kier alpha value is -0.130. The van der Waals surface area contributed by atoms with Gasteiger partial charge >= 0.3 is 0 Å². The third-order valence-corrected chi connectivity index (χ3v) is 7.64. The summed E-state index contributed by atoms with van der Waals surface area (Å²) >= 11 is 4.14. The second-order valence-electron chi connectivity index (χ2n) is 5.58. The van der Waals surface area contributed by atoms with Crippen molar-refractivity contribution in [2.24, 2.45) is 5.73 Å². The molecule has 0 aliphatic carbocycles. The van der Waals surface area contributed by atoms with E-state index in [9.17, 15) is 0 Å². The van der Waals surface area contributed by atoms with Crippen LogP contribution in [0.5, 0.6) is 0 Å². The fourth-order valence-corrected chi connectivity index (χ4v) is 5.59. The Morgan fingerprint density at radius 3 is 2.75 bits per heavy atom. The number of nitrogens with two attached hydrogens (primary N) is 1. The summed E-state index contributed by atoms with van der Waals surface area (Å²) in [4.78, 5) is 0. The molecule has 4 atom stereocenters. The second kappa shape index (κ2) is 7.23. The smallest absolute Gasteiger partial charge is 0.0624 e. The van der Waals surface area contributed by atoms with Crippen molar-refractivity contribution in [2.75, 3.05) is 5.75 Å². The fraction of sp³-hybridized carbons (Fsp3) is 0.800. The van der Waals surface area contributed by atoms with Crippen LogP contribution in [-0.2, 0) is 19.4 Å². The first kappa shape index (κ1) is 16.2. The minimum absolute atomic E-state index is 0.231. The highest BCUT2D eigenvalue weighted by atomic mass is 32.2. The van der Waals surface area contributed by atoms with Gasteiger partial charge in [0.05, 0.1) is 5.69 Å². The van der Waals surface area contributed by atoms with Crippen LogP contribution in [0.2, 0.25) is 0 Å². The Labute approximate surface area is 131 Å². The van der Waals surface area contributed by atoms with Crippen LogP contribution in [0.1, 0.15) is 39.1 Å². The molecule has 1 saturated heterocycles. The summed E-state index contributed by atoms with van der Waals surface area (Å²) in [6.45, 7) is 9.89. The maximum atomic E-state index is 6.49.